The number of pyridine rings is 2. The van der Waals surface area contributed by atoms with E-state index in [0.717, 1.165) is 27.9 Å². The minimum atomic E-state index is -1.06. The second kappa shape index (κ2) is 13.5. The van der Waals surface area contributed by atoms with E-state index in [-0.39, 0.29) is 30.9 Å². The molecule has 1 N–H and O–H groups in total. The molecule has 0 bridgehead atoms. The lowest BCUT2D eigenvalue weighted by atomic mass is 10.0. The summed E-state index contributed by atoms with van der Waals surface area (Å²) in [6, 6.07) is 7.17. The van der Waals surface area contributed by atoms with Crippen molar-refractivity contribution in [3.8, 4) is 0 Å². The third kappa shape index (κ3) is 8.02. The number of nitrogens with one attached hydrogen (secondary N) is 1. The van der Waals surface area contributed by atoms with E-state index in [1.165, 1.54) is 34.5 Å². The van der Waals surface area contributed by atoms with Crippen molar-refractivity contribution >= 4 is 34.9 Å². The third-order valence-electron chi connectivity index (χ3n) is 6.12. The van der Waals surface area contributed by atoms with E-state index in [0.29, 0.717) is 12.0 Å². The van der Waals surface area contributed by atoms with Gasteiger partial charge in [-0.1, -0.05) is 23.8 Å². The molecule has 0 aliphatic carbocycles. The Labute approximate surface area is 233 Å². The zero-order chi connectivity index (χ0) is 29.4. The van der Waals surface area contributed by atoms with Gasteiger partial charge >= 0.3 is 6.09 Å². The number of amides is 2. The Morgan fingerprint density at radius 3 is 2.55 bits per heavy atom. The van der Waals surface area contributed by atoms with Gasteiger partial charge in [-0.3, -0.25) is 19.4 Å². The maximum atomic E-state index is 13.3. The Kier molecular flexibility index (Phi) is 10.2. The monoisotopic (exact) mass is 547 g/mol. The number of carbonyl (C=O) groups is 3. The van der Waals surface area contributed by atoms with E-state index in [1.54, 1.807) is 44.7 Å². The zero-order valence-electron chi connectivity index (χ0n) is 23.9. The zero-order valence-corrected chi connectivity index (χ0v) is 23.9. The minimum Gasteiger partial charge on any atom is -0.438 e. The number of ketones is 1. The van der Waals surface area contributed by atoms with Crippen molar-refractivity contribution in [3.63, 3.8) is 0 Å². The fourth-order valence-electron chi connectivity index (χ4n) is 4.04. The number of rotatable bonds is 11. The highest BCUT2D eigenvalue weighted by Gasteiger charge is 2.24. The van der Waals surface area contributed by atoms with Crippen LogP contribution in [0.15, 0.2) is 59.2 Å². The molecule has 2 amide bonds. The molecular weight excluding hydrogens is 510 g/mol. The molecule has 0 aromatic carbocycles. The number of hydrogen-bond donors (Lipinski definition) is 1. The molecule has 0 saturated carbocycles. The number of ether oxygens (including phenoxy) is 1. The Balaban J connectivity index is 1.78. The van der Waals surface area contributed by atoms with Crippen LogP contribution >= 0.6 is 0 Å². The second-order valence-corrected chi connectivity index (χ2v) is 10.3. The predicted octanol–water partition coefficient (Wildman–Crippen LogP) is 3.80. The van der Waals surface area contributed by atoms with E-state index in [2.05, 4.69) is 16.0 Å². The molecule has 0 aliphatic heterocycles. The highest BCUT2D eigenvalue weighted by molar-refractivity contribution is 5.88. The van der Waals surface area contributed by atoms with Crippen LogP contribution in [0.25, 0.3) is 17.1 Å². The van der Waals surface area contributed by atoms with Gasteiger partial charge in [0.05, 0.1) is 17.6 Å². The number of likely N-dealkylation sites (N-methyl/N-ethyl adjacent to an activating group) is 1. The molecule has 212 valence electrons. The first kappa shape index (κ1) is 30.1. The number of hydrogen-bond acceptors (Lipinski definition) is 6. The first-order chi connectivity index (χ1) is 19.0. The molecule has 3 heterocycles. The van der Waals surface area contributed by atoms with Gasteiger partial charge in [-0.2, -0.15) is 0 Å². The molecule has 40 heavy (non-hydrogen) atoms. The summed E-state index contributed by atoms with van der Waals surface area (Å²) in [6.07, 6.45) is 7.17. The number of nitrogens with zero attached hydrogens (tertiary/aromatic N) is 4. The lowest BCUT2D eigenvalue weighted by Crippen LogP contribution is -2.35. The number of aromatic nitrogens is 3. The van der Waals surface area contributed by atoms with Crippen molar-refractivity contribution in [3.05, 3.63) is 81.6 Å². The molecule has 1 atom stereocenters. The normalized spacial score (nSPS) is 11.8. The van der Waals surface area contributed by atoms with Crippen LogP contribution in [0.2, 0.25) is 0 Å². The summed E-state index contributed by atoms with van der Waals surface area (Å²) in [7, 11) is 6.33. The van der Waals surface area contributed by atoms with Crippen molar-refractivity contribution in [2.75, 3.05) is 28.2 Å². The molecule has 3 rings (SSSR count). The fourth-order valence-corrected chi connectivity index (χ4v) is 4.04. The van der Waals surface area contributed by atoms with Crippen LogP contribution in [0, 0.1) is 0 Å². The number of H-pyrrole nitrogens is 1. The van der Waals surface area contributed by atoms with Gasteiger partial charge in [0.25, 0.3) is 5.56 Å². The molecule has 3 aromatic rings. The SMILES string of the molecule is CC(C)=Cc1ccnc2cc(Cn3cccc(CC(=O)[C@H](CC/C=C/C(=O)N(C)C)OC(=O)N(C)C)c3=O)[nH]c12. The molecule has 10 heteroatoms. The van der Waals surface area contributed by atoms with E-state index < -0.39 is 18.0 Å². The van der Waals surface area contributed by atoms with Crippen LogP contribution < -0.4 is 5.56 Å². The van der Waals surface area contributed by atoms with E-state index in [4.69, 9.17) is 4.74 Å². The molecule has 0 saturated heterocycles. The Morgan fingerprint density at radius 1 is 1.12 bits per heavy atom. The number of carbonyl (C=O) groups excluding carboxylic acids is 3. The Bertz CT molecular complexity index is 1490. The van der Waals surface area contributed by atoms with Crippen molar-refractivity contribution in [1.29, 1.82) is 0 Å². The predicted molar refractivity (Wildman–Crippen MR) is 155 cm³/mol. The molecule has 0 spiro atoms. The van der Waals surface area contributed by atoms with Crippen LogP contribution in [-0.4, -0.2) is 76.4 Å². The van der Waals surface area contributed by atoms with Gasteiger partial charge < -0.3 is 24.1 Å². The Hall–Kier alpha value is -4.47. The third-order valence-corrected chi connectivity index (χ3v) is 6.12. The summed E-state index contributed by atoms with van der Waals surface area (Å²) in [5.41, 5.74) is 4.67. The van der Waals surface area contributed by atoms with Crippen molar-refractivity contribution < 1.29 is 19.1 Å². The average molecular weight is 548 g/mol. The standard InChI is InChI=1S/C30H37N5O5/c1-20(2)16-21-13-14-31-24-18-23(32-28(21)24)19-35-15-9-10-22(29(35)38)17-25(36)26(40-30(39)34(5)6)11-7-8-12-27(37)33(3)4/h8-10,12-16,18,26,32H,7,11,17,19H2,1-6H3/b12-8+/t26-/m0/s1. The van der Waals surface area contributed by atoms with Crippen LogP contribution in [0.4, 0.5) is 4.79 Å². The largest absolute Gasteiger partial charge is 0.438 e. The highest BCUT2D eigenvalue weighted by atomic mass is 16.6. The lowest BCUT2D eigenvalue weighted by molar-refractivity contribution is -0.127. The molecule has 10 nitrogen and oxygen atoms in total. The summed E-state index contributed by atoms with van der Waals surface area (Å²) in [6.45, 7) is 4.32. The number of allylic oxidation sites excluding steroid dienone is 2. The average Bonchev–Trinajstić information content (AvgIpc) is 3.31. The van der Waals surface area contributed by atoms with Crippen molar-refractivity contribution in [2.24, 2.45) is 0 Å². The first-order valence-corrected chi connectivity index (χ1v) is 13.0. The maximum absolute atomic E-state index is 13.3. The van der Waals surface area contributed by atoms with E-state index >= 15 is 0 Å². The molecule has 3 aromatic heterocycles. The van der Waals surface area contributed by atoms with Gasteiger partial charge in [0.1, 0.15) is 0 Å². The highest BCUT2D eigenvalue weighted by Crippen LogP contribution is 2.20. The van der Waals surface area contributed by atoms with Gasteiger partial charge in [-0.25, -0.2) is 4.79 Å². The van der Waals surface area contributed by atoms with Crippen LogP contribution in [0.1, 0.15) is 43.5 Å². The summed E-state index contributed by atoms with van der Waals surface area (Å²) < 4.78 is 6.95. The van der Waals surface area contributed by atoms with Crippen LogP contribution in [0.3, 0.4) is 0 Å². The molecule has 0 aliphatic rings. The van der Waals surface area contributed by atoms with Gasteiger partial charge in [0.2, 0.25) is 5.91 Å². The van der Waals surface area contributed by atoms with Gasteiger partial charge in [-0.05, 0) is 51.0 Å². The summed E-state index contributed by atoms with van der Waals surface area (Å²) in [5, 5.41) is 0. The second-order valence-electron chi connectivity index (χ2n) is 10.3. The van der Waals surface area contributed by atoms with Crippen molar-refractivity contribution in [2.45, 2.75) is 45.8 Å². The van der Waals surface area contributed by atoms with Crippen molar-refractivity contribution in [1.82, 2.24) is 24.3 Å². The summed E-state index contributed by atoms with van der Waals surface area (Å²) in [5.74, 6) is -0.574. The first-order valence-electron chi connectivity index (χ1n) is 13.0. The lowest BCUT2D eigenvalue weighted by Gasteiger charge is -2.19. The van der Waals surface area contributed by atoms with Crippen LogP contribution in [-0.2, 0) is 27.3 Å². The maximum Gasteiger partial charge on any atom is 0.409 e. The topological polar surface area (TPSA) is 118 Å². The molecule has 0 fully saturated rings. The smallest absolute Gasteiger partial charge is 0.409 e. The number of Topliss-reactive ketones (excluding diaryl/α,β-unsaturated/α-hetero) is 1. The molecular formula is C30H37N5O5. The van der Waals surface area contributed by atoms with Gasteiger partial charge in [-0.15, -0.1) is 0 Å². The van der Waals surface area contributed by atoms with Gasteiger partial charge in [0, 0.05) is 63.8 Å². The molecule has 0 radical (unpaired) electrons. The van der Waals surface area contributed by atoms with E-state index in [9.17, 15) is 19.2 Å². The number of aromatic amines is 1. The Morgan fingerprint density at radius 2 is 1.88 bits per heavy atom. The minimum absolute atomic E-state index is 0.183. The summed E-state index contributed by atoms with van der Waals surface area (Å²) in [4.78, 5) is 61.0. The van der Waals surface area contributed by atoms with E-state index in [1.807, 2.05) is 26.0 Å². The van der Waals surface area contributed by atoms with Gasteiger partial charge in [0.15, 0.2) is 11.9 Å². The number of fused-ring (bicyclic) bond motifs is 1. The quantitative estimate of drug-likeness (QED) is 0.365. The molecule has 0 unspecified atom stereocenters. The fraction of sp³-hybridized carbons (Fsp3) is 0.367. The van der Waals surface area contributed by atoms with Crippen LogP contribution in [0.5, 0.6) is 0 Å². The summed E-state index contributed by atoms with van der Waals surface area (Å²) >= 11 is 0.